The van der Waals surface area contributed by atoms with Crippen molar-refractivity contribution in [3.05, 3.63) is 47.4 Å². The molecule has 0 bridgehead atoms. The SMILES string of the molecule is Oc1cc(-c2nc3c4c(nc(OC[C@@]56CCCN5C[C@H](F)C6)nc4c2F)N2CCCOC[C@H]2CC3)c2c(F)c(F)ccc2c1. The first-order chi connectivity index (χ1) is 21.3. The first kappa shape index (κ1) is 27.8. The highest BCUT2D eigenvalue weighted by Gasteiger charge is 2.49. The van der Waals surface area contributed by atoms with Gasteiger partial charge in [0, 0.05) is 37.1 Å². The van der Waals surface area contributed by atoms with Crippen LogP contribution in [0.1, 0.15) is 37.8 Å². The van der Waals surface area contributed by atoms with Crippen molar-refractivity contribution in [1.82, 2.24) is 19.9 Å². The van der Waals surface area contributed by atoms with Crippen LogP contribution in [0.3, 0.4) is 0 Å². The van der Waals surface area contributed by atoms with Gasteiger partial charge in [0.1, 0.15) is 35.6 Å². The molecule has 0 saturated carbocycles. The summed E-state index contributed by atoms with van der Waals surface area (Å²) in [6.07, 6.45) is 2.98. The number of aryl methyl sites for hydroxylation is 1. The fraction of sp³-hybridized carbons (Fsp3) is 0.469. The molecule has 230 valence electrons. The molecular weight excluding hydrogens is 578 g/mol. The van der Waals surface area contributed by atoms with Gasteiger partial charge in [-0.15, -0.1) is 0 Å². The van der Waals surface area contributed by atoms with Crippen molar-refractivity contribution in [3.63, 3.8) is 0 Å². The Kier molecular flexibility index (Phi) is 6.56. The Bertz CT molecular complexity index is 1810. The van der Waals surface area contributed by atoms with Crippen LogP contribution in [0.5, 0.6) is 11.8 Å². The normalized spacial score (nSPS) is 25.2. The molecule has 6 heterocycles. The van der Waals surface area contributed by atoms with Crippen LogP contribution in [0.15, 0.2) is 24.3 Å². The number of hydrogen-bond acceptors (Lipinski definition) is 8. The van der Waals surface area contributed by atoms with Crippen molar-refractivity contribution in [3.8, 4) is 23.0 Å². The van der Waals surface area contributed by atoms with Gasteiger partial charge in [0.05, 0.1) is 29.3 Å². The Morgan fingerprint density at radius 3 is 2.82 bits per heavy atom. The second-order valence-corrected chi connectivity index (χ2v) is 12.4. The van der Waals surface area contributed by atoms with E-state index >= 15 is 8.78 Å². The van der Waals surface area contributed by atoms with E-state index in [9.17, 15) is 13.9 Å². The zero-order chi connectivity index (χ0) is 30.2. The van der Waals surface area contributed by atoms with E-state index in [-0.39, 0.29) is 52.0 Å². The van der Waals surface area contributed by atoms with Crippen LogP contribution in [0, 0.1) is 17.5 Å². The van der Waals surface area contributed by atoms with Crippen LogP contribution < -0.4 is 9.64 Å². The molecule has 44 heavy (non-hydrogen) atoms. The highest BCUT2D eigenvalue weighted by molar-refractivity contribution is 6.01. The maximum absolute atomic E-state index is 16.8. The average Bonchev–Trinajstić information content (AvgIpc) is 3.36. The number of alkyl halides is 1. The Balaban J connectivity index is 1.32. The Morgan fingerprint density at radius 1 is 1.05 bits per heavy atom. The highest BCUT2D eigenvalue weighted by Crippen LogP contribution is 2.43. The minimum absolute atomic E-state index is 0.0400. The number of aromatic nitrogens is 3. The molecule has 3 fully saturated rings. The summed E-state index contributed by atoms with van der Waals surface area (Å²) in [4.78, 5) is 18.3. The molecule has 2 aromatic heterocycles. The van der Waals surface area contributed by atoms with E-state index in [0.29, 0.717) is 62.5 Å². The molecule has 2 aromatic carbocycles. The van der Waals surface area contributed by atoms with Gasteiger partial charge in [-0.3, -0.25) is 4.90 Å². The number of benzene rings is 2. The summed E-state index contributed by atoms with van der Waals surface area (Å²) in [5.41, 5.74) is -0.341. The summed E-state index contributed by atoms with van der Waals surface area (Å²) in [5, 5.41) is 10.9. The largest absolute Gasteiger partial charge is 0.508 e. The molecule has 1 N–H and O–H groups in total. The molecule has 0 unspecified atom stereocenters. The molecule has 0 spiro atoms. The number of halogens is 4. The molecule has 8 nitrogen and oxygen atoms in total. The summed E-state index contributed by atoms with van der Waals surface area (Å²) >= 11 is 0. The quantitative estimate of drug-likeness (QED) is 0.306. The van der Waals surface area contributed by atoms with E-state index < -0.39 is 29.2 Å². The smallest absolute Gasteiger partial charge is 0.319 e. The number of phenolic OH excluding ortho intramolecular Hbond substituents is 1. The summed E-state index contributed by atoms with van der Waals surface area (Å²) in [6, 6.07) is 4.68. The highest BCUT2D eigenvalue weighted by atomic mass is 19.2. The van der Waals surface area contributed by atoms with Gasteiger partial charge in [0.15, 0.2) is 17.5 Å². The molecule has 3 saturated heterocycles. The number of anilines is 1. The van der Waals surface area contributed by atoms with Crippen molar-refractivity contribution in [2.75, 3.05) is 44.4 Å². The topological polar surface area (TPSA) is 83.8 Å². The molecule has 3 atom stereocenters. The zero-order valence-corrected chi connectivity index (χ0v) is 24.0. The average molecular weight is 610 g/mol. The molecular formula is C32H31F4N5O3. The van der Waals surface area contributed by atoms with Gasteiger partial charge in [0.2, 0.25) is 0 Å². The molecule has 8 rings (SSSR count). The number of ether oxygens (including phenoxy) is 2. The fourth-order valence-corrected chi connectivity index (χ4v) is 7.70. The molecule has 4 aliphatic rings. The van der Waals surface area contributed by atoms with Crippen LogP contribution in [0.25, 0.3) is 32.9 Å². The number of nitrogens with zero attached hydrogens (tertiary/aromatic N) is 5. The third-order valence-corrected chi connectivity index (χ3v) is 9.72. The van der Waals surface area contributed by atoms with E-state index in [2.05, 4.69) is 19.8 Å². The molecule has 0 radical (unpaired) electrons. The van der Waals surface area contributed by atoms with Gasteiger partial charge in [-0.25, -0.2) is 22.5 Å². The molecule has 0 aliphatic carbocycles. The standard InChI is InChI=1S/C32H31F4N5O3/c33-18-13-32(7-1-8-40(32)14-18)16-44-31-38-29-25-23(6-4-19-15-43-10-2-9-41(19)30(25)39-31)37-28(27(29)36)21-12-20(42)11-17-3-5-22(34)26(35)24(17)21/h3,5,11-12,18-19,42H,1-2,4,6-10,13-16H2/t18-,19-,32+/m1/s1. The van der Waals surface area contributed by atoms with Crippen molar-refractivity contribution in [2.45, 2.75) is 56.3 Å². The molecule has 4 aliphatic heterocycles. The van der Waals surface area contributed by atoms with E-state index in [0.717, 1.165) is 31.9 Å². The lowest BCUT2D eigenvalue weighted by Crippen LogP contribution is -2.43. The maximum Gasteiger partial charge on any atom is 0.319 e. The second kappa shape index (κ2) is 10.4. The van der Waals surface area contributed by atoms with Crippen molar-refractivity contribution in [1.29, 1.82) is 0 Å². The zero-order valence-electron chi connectivity index (χ0n) is 24.0. The van der Waals surface area contributed by atoms with E-state index in [1.165, 1.54) is 18.2 Å². The van der Waals surface area contributed by atoms with E-state index in [1.54, 1.807) is 0 Å². The number of hydrogen-bond donors (Lipinski definition) is 1. The number of rotatable bonds is 4. The van der Waals surface area contributed by atoms with Gasteiger partial charge < -0.3 is 19.5 Å². The Hall–Kier alpha value is -3.77. The van der Waals surface area contributed by atoms with Crippen LogP contribution in [-0.2, 0) is 11.2 Å². The molecule has 12 heteroatoms. The summed E-state index contributed by atoms with van der Waals surface area (Å²) in [5.74, 6) is -2.88. The Labute approximate surface area is 250 Å². The van der Waals surface area contributed by atoms with Gasteiger partial charge in [0.25, 0.3) is 0 Å². The minimum Gasteiger partial charge on any atom is -0.508 e. The first-order valence-electron chi connectivity index (χ1n) is 15.2. The van der Waals surface area contributed by atoms with Crippen LogP contribution in [-0.4, -0.2) is 82.2 Å². The van der Waals surface area contributed by atoms with E-state index in [1.807, 2.05) is 0 Å². The fourth-order valence-electron chi connectivity index (χ4n) is 7.70. The number of aromatic hydroxyl groups is 1. The summed E-state index contributed by atoms with van der Waals surface area (Å²) in [6.45, 7) is 3.01. The number of pyridine rings is 1. The van der Waals surface area contributed by atoms with Gasteiger partial charge in [-0.05, 0) is 62.2 Å². The third kappa shape index (κ3) is 4.36. The molecule has 0 amide bonds. The summed E-state index contributed by atoms with van der Waals surface area (Å²) < 4.78 is 72.9. The van der Waals surface area contributed by atoms with Crippen molar-refractivity contribution in [2.24, 2.45) is 0 Å². The van der Waals surface area contributed by atoms with E-state index in [4.69, 9.17) is 14.5 Å². The van der Waals surface area contributed by atoms with Crippen molar-refractivity contribution < 1.29 is 32.1 Å². The van der Waals surface area contributed by atoms with Crippen LogP contribution in [0.2, 0.25) is 0 Å². The lowest BCUT2D eigenvalue weighted by molar-refractivity contribution is 0.107. The molecule has 4 aromatic rings. The number of phenols is 1. The second-order valence-electron chi connectivity index (χ2n) is 12.4. The Morgan fingerprint density at radius 2 is 1.93 bits per heavy atom. The summed E-state index contributed by atoms with van der Waals surface area (Å²) in [7, 11) is 0. The maximum atomic E-state index is 16.8. The predicted octanol–water partition coefficient (Wildman–Crippen LogP) is 5.46. The van der Waals surface area contributed by atoms with Gasteiger partial charge in [-0.2, -0.15) is 9.97 Å². The van der Waals surface area contributed by atoms with Crippen LogP contribution in [0.4, 0.5) is 23.4 Å². The third-order valence-electron chi connectivity index (χ3n) is 9.72. The van der Waals surface area contributed by atoms with Gasteiger partial charge in [-0.1, -0.05) is 6.07 Å². The van der Waals surface area contributed by atoms with Crippen LogP contribution >= 0.6 is 0 Å². The lowest BCUT2D eigenvalue weighted by atomic mass is 9.95. The minimum atomic E-state index is -1.16. The lowest BCUT2D eigenvalue weighted by Gasteiger charge is -2.31. The van der Waals surface area contributed by atoms with Gasteiger partial charge >= 0.3 is 6.01 Å². The first-order valence-corrected chi connectivity index (χ1v) is 15.2. The van der Waals surface area contributed by atoms with Crippen molar-refractivity contribution >= 4 is 27.5 Å². The number of fused-ring (bicyclic) bond motifs is 4. The monoisotopic (exact) mass is 609 g/mol. The predicted molar refractivity (Wildman–Crippen MR) is 155 cm³/mol.